The van der Waals surface area contributed by atoms with Gasteiger partial charge >= 0.3 is 0 Å². The van der Waals surface area contributed by atoms with E-state index in [-0.39, 0.29) is 10.6 Å². The summed E-state index contributed by atoms with van der Waals surface area (Å²) < 4.78 is 39.3. The molecule has 0 bridgehead atoms. The lowest BCUT2D eigenvalue weighted by molar-refractivity contribution is 0.599. The van der Waals surface area contributed by atoms with Gasteiger partial charge in [0.05, 0.1) is 15.6 Å². The molecule has 0 amide bonds. The van der Waals surface area contributed by atoms with E-state index in [1.165, 1.54) is 12.1 Å². The minimum atomic E-state index is -3.77. The summed E-state index contributed by atoms with van der Waals surface area (Å²) in [6.07, 6.45) is 0. The second-order valence-electron chi connectivity index (χ2n) is 4.04. The maximum atomic E-state index is 12.8. The van der Waals surface area contributed by atoms with Gasteiger partial charge in [-0.1, -0.05) is 17.7 Å². The van der Waals surface area contributed by atoms with Crippen molar-refractivity contribution >= 4 is 27.3 Å². The van der Waals surface area contributed by atoms with E-state index in [9.17, 15) is 12.8 Å². The Morgan fingerprint density at radius 2 is 1.74 bits per heavy atom. The number of anilines is 1. The van der Waals surface area contributed by atoms with Crippen LogP contribution in [0.5, 0.6) is 0 Å². The summed E-state index contributed by atoms with van der Waals surface area (Å²) in [7, 11) is -3.77. The molecule has 0 atom stereocenters. The van der Waals surface area contributed by atoms with Gasteiger partial charge in [-0.15, -0.1) is 0 Å². The van der Waals surface area contributed by atoms with Gasteiger partial charge in [0, 0.05) is 0 Å². The maximum absolute atomic E-state index is 12.8. The van der Waals surface area contributed by atoms with E-state index < -0.39 is 15.8 Å². The van der Waals surface area contributed by atoms with Gasteiger partial charge in [-0.2, -0.15) is 0 Å². The highest BCUT2D eigenvalue weighted by Gasteiger charge is 2.15. The first-order valence-electron chi connectivity index (χ1n) is 5.43. The molecular formula is C13H11ClFNO2S. The Balaban J connectivity index is 2.33. The van der Waals surface area contributed by atoms with E-state index >= 15 is 0 Å². The lowest BCUT2D eigenvalue weighted by Crippen LogP contribution is -2.13. The third-order valence-electron chi connectivity index (χ3n) is 2.49. The largest absolute Gasteiger partial charge is 0.278 e. The van der Waals surface area contributed by atoms with Crippen LogP contribution in [0.3, 0.4) is 0 Å². The maximum Gasteiger partial charge on any atom is 0.261 e. The van der Waals surface area contributed by atoms with Crippen LogP contribution in [-0.4, -0.2) is 8.42 Å². The Morgan fingerprint density at radius 1 is 1.11 bits per heavy atom. The average molecular weight is 300 g/mol. The quantitative estimate of drug-likeness (QED) is 0.941. The first kappa shape index (κ1) is 13.8. The van der Waals surface area contributed by atoms with Crippen molar-refractivity contribution in [1.29, 1.82) is 0 Å². The molecule has 0 spiro atoms. The van der Waals surface area contributed by atoms with Crippen LogP contribution in [-0.2, 0) is 10.0 Å². The van der Waals surface area contributed by atoms with Crippen molar-refractivity contribution in [3.63, 3.8) is 0 Å². The Bertz CT molecular complexity index is 699. The number of hydrogen-bond acceptors (Lipinski definition) is 2. The van der Waals surface area contributed by atoms with E-state index in [4.69, 9.17) is 11.6 Å². The number of sulfonamides is 1. The van der Waals surface area contributed by atoms with E-state index in [1.807, 2.05) is 6.92 Å². The molecule has 0 fully saturated rings. The number of aryl methyl sites for hydroxylation is 1. The fraction of sp³-hybridized carbons (Fsp3) is 0.0769. The van der Waals surface area contributed by atoms with Crippen molar-refractivity contribution in [2.75, 3.05) is 4.72 Å². The highest BCUT2D eigenvalue weighted by atomic mass is 35.5. The van der Waals surface area contributed by atoms with Crippen molar-refractivity contribution in [3.8, 4) is 0 Å². The molecule has 6 heteroatoms. The summed E-state index contributed by atoms with van der Waals surface area (Å²) >= 11 is 5.96. The molecule has 0 aliphatic carbocycles. The molecule has 0 unspecified atom stereocenters. The van der Waals surface area contributed by atoms with Crippen molar-refractivity contribution in [2.45, 2.75) is 11.8 Å². The Kier molecular flexibility index (Phi) is 3.78. The number of halogens is 2. The molecule has 0 aliphatic rings. The van der Waals surface area contributed by atoms with E-state index in [2.05, 4.69) is 4.72 Å². The first-order valence-corrected chi connectivity index (χ1v) is 7.29. The number of rotatable bonds is 3. The molecule has 2 aromatic rings. The van der Waals surface area contributed by atoms with Crippen LogP contribution in [0.25, 0.3) is 0 Å². The van der Waals surface area contributed by atoms with Gasteiger partial charge in [-0.3, -0.25) is 4.72 Å². The molecule has 3 nitrogen and oxygen atoms in total. The molecule has 0 saturated carbocycles. The molecule has 0 aromatic heterocycles. The molecule has 0 heterocycles. The zero-order chi connectivity index (χ0) is 14.0. The zero-order valence-corrected chi connectivity index (χ0v) is 11.6. The summed E-state index contributed by atoms with van der Waals surface area (Å²) in [4.78, 5) is -0.0226. The van der Waals surface area contributed by atoms with Crippen molar-refractivity contribution < 1.29 is 12.8 Å². The normalized spacial score (nSPS) is 11.3. The van der Waals surface area contributed by atoms with Gasteiger partial charge in [0.25, 0.3) is 10.0 Å². The minimum absolute atomic E-state index is 0.0226. The van der Waals surface area contributed by atoms with Crippen LogP contribution >= 0.6 is 11.6 Å². The van der Waals surface area contributed by atoms with Crippen LogP contribution in [0.2, 0.25) is 5.02 Å². The predicted molar refractivity (Wildman–Crippen MR) is 73.4 cm³/mol. The van der Waals surface area contributed by atoms with Gasteiger partial charge in [0.1, 0.15) is 5.82 Å². The molecule has 100 valence electrons. The Morgan fingerprint density at radius 3 is 2.32 bits per heavy atom. The molecule has 0 radical (unpaired) electrons. The van der Waals surface area contributed by atoms with Crippen LogP contribution < -0.4 is 4.72 Å². The summed E-state index contributed by atoms with van der Waals surface area (Å²) in [5.41, 5.74) is 1.21. The molecular weight excluding hydrogens is 289 g/mol. The van der Waals surface area contributed by atoms with Crippen molar-refractivity contribution in [2.24, 2.45) is 0 Å². The number of nitrogens with one attached hydrogen (secondary N) is 1. The fourth-order valence-corrected chi connectivity index (χ4v) is 2.94. The third kappa shape index (κ3) is 3.24. The SMILES string of the molecule is Cc1ccc(NS(=O)(=O)c2ccc(F)cc2)c(Cl)c1. The van der Waals surface area contributed by atoms with Gasteiger partial charge in [0.2, 0.25) is 0 Å². The standard InChI is InChI=1S/C13H11ClFNO2S/c1-9-2-7-13(12(14)8-9)16-19(17,18)11-5-3-10(15)4-6-11/h2-8,16H,1H3. The highest BCUT2D eigenvalue weighted by molar-refractivity contribution is 7.92. The van der Waals surface area contributed by atoms with Gasteiger partial charge in [-0.05, 0) is 48.9 Å². The smallest absolute Gasteiger partial charge is 0.261 e. The van der Waals surface area contributed by atoms with Crippen molar-refractivity contribution in [1.82, 2.24) is 0 Å². The molecule has 19 heavy (non-hydrogen) atoms. The van der Waals surface area contributed by atoms with Gasteiger partial charge in [0.15, 0.2) is 0 Å². The number of hydrogen-bond donors (Lipinski definition) is 1. The Labute approximate surface area is 116 Å². The topological polar surface area (TPSA) is 46.2 Å². The van der Waals surface area contributed by atoms with E-state index in [0.717, 1.165) is 17.7 Å². The highest BCUT2D eigenvalue weighted by Crippen LogP contribution is 2.25. The summed E-state index contributed by atoms with van der Waals surface area (Å²) in [5, 5.41) is 0.311. The monoisotopic (exact) mass is 299 g/mol. The van der Waals surface area contributed by atoms with Crippen LogP contribution in [0.15, 0.2) is 47.4 Å². The van der Waals surface area contributed by atoms with Gasteiger partial charge < -0.3 is 0 Å². The van der Waals surface area contributed by atoms with E-state index in [0.29, 0.717) is 5.02 Å². The molecule has 2 aromatic carbocycles. The molecule has 0 saturated heterocycles. The molecule has 1 N–H and O–H groups in total. The fourth-order valence-electron chi connectivity index (χ4n) is 1.52. The molecule has 0 aliphatic heterocycles. The summed E-state index contributed by atoms with van der Waals surface area (Å²) in [5.74, 6) is -0.493. The predicted octanol–water partition coefficient (Wildman–Crippen LogP) is 3.59. The number of benzene rings is 2. The van der Waals surface area contributed by atoms with E-state index in [1.54, 1.807) is 18.2 Å². The van der Waals surface area contributed by atoms with Crippen LogP contribution in [0.4, 0.5) is 10.1 Å². The Hall–Kier alpha value is -1.59. The lowest BCUT2D eigenvalue weighted by atomic mass is 10.2. The first-order chi connectivity index (χ1) is 8.88. The molecule has 2 rings (SSSR count). The van der Waals surface area contributed by atoms with Crippen LogP contribution in [0, 0.1) is 12.7 Å². The van der Waals surface area contributed by atoms with Crippen LogP contribution in [0.1, 0.15) is 5.56 Å². The minimum Gasteiger partial charge on any atom is -0.278 e. The third-order valence-corrected chi connectivity index (χ3v) is 4.19. The second kappa shape index (κ2) is 5.19. The van der Waals surface area contributed by atoms with Crippen molar-refractivity contribution in [3.05, 3.63) is 58.9 Å². The average Bonchev–Trinajstić information content (AvgIpc) is 2.33. The second-order valence-corrected chi connectivity index (χ2v) is 6.13. The summed E-state index contributed by atoms with van der Waals surface area (Å²) in [6, 6.07) is 9.55. The zero-order valence-electron chi connectivity index (χ0n) is 10.0. The lowest BCUT2D eigenvalue weighted by Gasteiger charge is -2.10. The summed E-state index contributed by atoms with van der Waals surface area (Å²) in [6.45, 7) is 1.85. The van der Waals surface area contributed by atoms with Gasteiger partial charge in [-0.25, -0.2) is 12.8 Å².